The molecule has 0 spiro atoms. The second-order valence-electron chi connectivity index (χ2n) is 17.4. The maximum atomic E-state index is 14.8. The highest BCUT2D eigenvalue weighted by molar-refractivity contribution is 7.54. The van der Waals surface area contributed by atoms with E-state index in [1.54, 1.807) is 78.8 Å². The van der Waals surface area contributed by atoms with Crippen molar-refractivity contribution in [1.29, 1.82) is 0 Å². The molecule has 0 unspecified atom stereocenters. The van der Waals surface area contributed by atoms with E-state index in [9.17, 15) is 33.3 Å². The number of fused-ring (bicyclic) bond motifs is 1. The standard InChI is InChI=1S/C44H68N3O15P/c1-14-32-44(10)37(47(42(53)62-44)45-33(48)24-63(54,56-15-2)57-16-3)27(6)34(49)25(4)23-43(9,55-13)38(28(7)35(50)29(8)39(51)59-32)61-41-36(31(46(11)12)22-26(5)58-41)60-40(52)30-20-18-17-19-21-30/h17-21,25-29,31-32,36-38,41H,14-16,22-24H2,1-13H3,(H,45,48)/t25-,26-,27+,28+,29-,31+,32-,36-,37-,38-,41+,43-,44-/m1/s1. The van der Waals surface area contributed by atoms with Gasteiger partial charge in [-0.1, -0.05) is 45.9 Å². The topological polar surface area (TPSA) is 212 Å². The van der Waals surface area contributed by atoms with E-state index < -0.39 is 115 Å². The summed E-state index contributed by atoms with van der Waals surface area (Å²) >= 11 is 0. The highest BCUT2D eigenvalue weighted by Gasteiger charge is 2.61. The summed E-state index contributed by atoms with van der Waals surface area (Å²) < 4.78 is 61.5. The van der Waals surface area contributed by atoms with E-state index in [0.29, 0.717) is 12.0 Å². The number of carbonyl (C=O) groups excluding carboxylic acids is 6. The molecule has 3 aliphatic heterocycles. The Hall–Kier alpha value is -3.77. The van der Waals surface area contributed by atoms with Crippen LogP contribution in [0, 0.1) is 23.7 Å². The Balaban J connectivity index is 1.80. The Morgan fingerprint density at radius 1 is 0.937 bits per heavy atom. The van der Waals surface area contributed by atoms with Crippen LogP contribution in [-0.2, 0) is 61.2 Å². The maximum Gasteiger partial charge on any atom is 0.429 e. The molecule has 0 aliphatic carbocycles. The van der Waals surface area contributed by atoms with Crippen LogP contribution in [0.4, 0.5) is 4.79 Å². The van der Waals surface area contributed by atoms with Crippen LogP contribution < -0.4 is 5.43 Å². The van der Waals surface area contributed by atoms with Gasteiger partial charge in [0.1, 0.15) is 30.0 Å². The highest BCUT2D eigenvalue weighted by atomic mass is 31.2. The molecule has 63 heavy (non-hydrogen) atoms. The molecule has 354 valence electrons. The number of methoxy groups -OCH3 is 1. The normalized spacial score (nSPS) is 34.8. The first kappa shape index (κ1) is 51.9. The number of Topliss-reactive ketones (excluding diaryl/α,β-unsaturated/α-hetero) is 2. The minimum Gasteiger partial charge on any atom is -0.457 e. The minimum atomic E-state index is -3.93. The molecule has 13 atom stereocenters. The van der Waals surface area contributed by atoms with E-state index in [2.05, 4.69) is 5.43 Å². The highest BCUT2D eigenvalue weighted by Crippen LogP contribution is 2.48. The van der Waals surface area contributed by atoms with Gasteiger partial charge in [0.05, 0.1) is 42.6 Å². The molecular weight excluding hydrogens is 841 g/mol. The van der Waals surface area contributed by atoms with Crippen molar-refractivity contribution in [3.05, 3.63) is 35.9 Å². The molecule has 1 N–H and O–H groups in total. The monoisotopic (exact) mass is 909 g/mol. The van der Waals surface area contributed by atoms with Gasteiger partial charge in [0, 0.05) is 24.9 Å². The predicted octanol–water partition coefficient (Wildman–Crippen LogP) is 5.35. The van der Waals surface area contributed by atoms with Crippen molar-refractivity contribution in [2.75, 3.05) is 40.6 Å². The molecule has 19 heteroatoms. The molecule has 0 aromatic heterocycles. The summed E-state index contributed by atoms with van der Waals surface area (Å²) in [5, 5.41) is 0.861. The average molecular weight is 910 g/mol. The van der Waals surface area contributed by atoms with Crippen LogP contribution in [0.25, 0.3) is 0 Å². The number of amides is 2. The van der Waals surface area contributed by atoms with Crippen molar-refractivity contribution in [3.63, 3.8) is 0 Å². The fraction of sp³-hybridized carbons (Fsp3) is 0.727. The Morgan fingerprint density at radius 2 is 1.56 bits per heavy atom. The number of nitrogens with one attached hydrogen (secondary N) is 1. The Labute approximate surface area is 371 Å². The Bertz CT molecular complexity index is 1840. The van der Waals surface area contributed by atoms with Gasteiger partial charge in [0.2, 0.25) is 0 Å². The lowest BCUT2D eigenvalue weighted by molar-refractivity contribution is -0.294. The number of carbonyl (C=O) groups is 6. The minimum absolute atomic E-state index is 0.0122. The molecule has 0 saturated carbocycles. The third kappa shape index (κ3) is 11.6. The SMILES string of the molecule is CCOP(=O)(CC(=O)NN1C(=O)O[C@]2(C)[C@@H](CC)OC(=O)[C@H](C)C(=O)[C@H](C)[C@@H](O[C@@H]3O[C@H](C)C[C@H](N(C)C)[C@H]3OC(=O)c3ccccc3)[C@](C)(OC)C[C@@H](C)C(=O)[C@H](C)[C@@H]12)OCC. The molecule has 3 saturated heterocycles. The van der Waals surface area contributed by atoms with E-state index in [-0.39, 0.29) is 38.2 Å². The zero-order chi connectivity index (χ0) is 47.2. The van der Waals surface area contributed by atoms with Crippen LogP contribution in [0.5, 0.6) is 0 Å². The second-order valence-corrected chi connectivity index (χ2v) is 19.5. The van der Waals surface area contributed by atoms with Crippen molar-refractivity contribution in [3.8, 4) is 0 Å². The van der Waals surface area contributed by atoms with Gasteiger partial charge in [0.15, 0.2) is 23.8 Å². The van der Waals surface area contributed by atoms with E-state index >= 15 is 0 Å². The third-order valence-electron chi connectivity index (χ3n) is 12.5. The van der Waals surface area contributed by atoms with Gasteiger partial charge in [-0.2, -0.15) is 0 Å². The lowest BCUT2D eigenvalue weighted by Crippen LogP contribution is -2.62. The first-order valence-electron chi connectivity index (χ1n) is 21.8. The van der Waals surface area contributed by atoms with Crippen molar-refractivity contribution in [2.24, 2.45) is 23.7 Å². The summed E-state index contributed by atoms with van der Waals surface area (Å²) in [5.41, 5.74) is -0.411. The molecule has 4 rings (SSSR count). The first-order valence-corrected chi connectivity index (χ1v) is 23.5. The molecule has 18 nitrogen and oxygen atoms in total. The number of ketones is 2. The molecule has 1 aromatic carbocycles. The summed E-state index contributed by atoms with van der Waals surface area (Å²) in [5.74, 6) is -7.85. The molecule has 3 fully saturated rings. The number of nitrogens with zero attached hydrogens (tertiary/aromatic N) is 2. The summed E-state index contributed by atoms with van der Waals surface area (Å²) in [6.45, 7) is 16.1. The second kappa shape index (κ2) is 21.5. The van der Waals surface area contributed by atoms with Gasteiger partial charge in [-0.15, -0.1) is 0 Å². The van der Waals surface area contributed by atoms with Crippen LogP contribution in [0.3, 0.4) is 0 Å². The number of hydrogen-bond acceptors (Lipinski definition) is 16. The van der Waals surface area contributed by atoms with Crippen molar-refractivity contribution in [2.45, 2.75) is 142 Å². The van der Waals surface area contributed by atoms with Gasteiger partial charge in [-0.25, -0.2) is 14.6 Å². The maximum absolute atomic E-state index is 14.8. The fourth-order valence-electron chi connectivity index (χ4n) is 9.23. The van der Waals surface area contributed by atoms with E-state index in [1.165, 1.54) is 21.0 Å². The Kier molecular flexibility index (Phi) is 17.7. The quantitative estimate of drug-likeness (QED) is 0.108. The lowest BCUT2D eigenvalue weighted by Gasteiger charge is -2.47. The van der Waals surface area contributed by atoms with Crippen molar-refractivity contribution < 1.29 is 70.8 Å². The molecule has 3 heterocycles. The number of hydrazine groups is 1. The smallest absolute Gasteiger partial charge is 0.429 e. The summed E-state index contributed by atoms with van der Waals surface area (Å²) in [6.07, 6.45) is -6.33. The van der Waals surface area contributed by atoms with Crippen LogP contribution in [0.1, 0.15) is 98.9 Å². The Morgan fingerprint density at radius 3 is 2.11 bits per heavy atom. The van der Waals surface area contributed by atoms with Crippen LogP contribution in [-0.4, -0.2) is 140 Å². The third-order valence-corrected chi connectivity index (χ3v) is 14.5. The number of likely N-dealkylation sites (N-methyl/N-ethyl adjacent to an activating group) is 1. The number of hydrogen-bond donors (Lipinski definition) is 1. The first-order chi connectivity index (χ1) is 29.5. The molecule has 2 amide bonds. The zero-order valence-electron chi connectivity index (χ0n) is 38.9. The predicted molar refractivity (Wildman–Crippen MR) is 228 cm³/mol. The number of benzene rings is 1. The fourth-order valence-corrected chi connectivity index (χ4v) is 10.7. The number of rotatable bonds is 14. The summed E-state index contributed by atoms with van der Waals surface area (Å²) in [7, 11) is 1.19. The molecule has 3 aliphatic rings. The number of esters is 2. The van der Waals surface area contributed by atoms with Crippen molar-refractivity contribution in [1.82, 2.24) is 15.3 Å². The van der Waals surface area contributed by atoms with Gasteiger partial charge in [-0.3, -0.25) is 29.2 Å². The van der Waals surface area contributed by atoms with Crippen molar-refractivity contribution >= 4 is 43.1 Å². The van der Waals surface area contributed by atoms with Crippen LogP contribution >= 0.6 is 7.60 Å². The molecule has 1 aromatic rings. The van der Waals surface area contributed by atoms with Crippen LogP contribution in [0.15, 0.2) is 30.3 Å². The van der Waals surface area contributed by atoms with E-state index in [4.69, 9.17) is 37.5 Å². The van der Waals surface area contributed by atoms with Gasteiger partial charge >= 0.3 is 25.6 Å². The van der Waals surface area contributed by atoms with E-state index in [0.717, 1.165) is 5.01 Å². The van der Waals surface area contributed by atoms with Gasteiger partial charge < -0.3 is 42.4 Å². The lowest BCUT2D eigenvalue weighted by atomic mass is 9.73. The number of cyclic esters (lactones) is 1. The summed E-state index contributed by atoms with van der Waals surface area (Å²) in [6, 6.07) is 6.81. The number of ether oxygens (including phenoxy) is 6. The van der Waals surface area contributed by atoms with Gasteiger partial charge in [-0.05, 0) is 87.0 Å². The van der Waals surface area contributed by atoms with E-state index in [1.807, 2.05) is 25.9 Å². The average Bonchev–Trinajstić information content (AvgIpc) is 3.48. The van der Waals surface area contributed by atoms with Crippen LogP contribution in [0.2, 0.25) is 0 Å². The molecule has 0 radical (unpaired) electrons. The summed E-state index contributed by atoms with van der Waals surface area (Å²) in [4.78, 5) is 86.3. The zero-order valence-corrected chi connectivity index (χ0v) is 39.8. The molecule has 0 bridgehead atoms. The van der Waals surface area contributed by atoms with Gasteiger partial charge in [0.25, 0.3) is 5.91 Å². The molecular formula is C44H68N3O15P. The largest absolute Gasteiger partial charge is 0.457 e.